The lowest BCUT2D eigenvalue weighted by Gasteiger charge is -2.13. The molecule has 36 heavy (non-hydrogen) atoms. The van der Waals surface area contributed by atoms with Crippen molar-refractivity contribution in [2.24, 2.45) is 7.05 Å². The lowest BCUT2D eigenvalue weighted by molar-refractivity contribution is 0.629. The third kappa shape index (κ3) is 3.01. The second-order valence-corrected chi connectivity index (χ2v) is 8.47. The third-order valence-electron chi connectivity index (χ3n) is 6.23. The highest BCUT2D eigenvalue weighted by Gasteiger charge is 2.24. The monoisotopic (exact) mass is 499 g/mol. The van der Waals surface area contributed by atoms with Crippen LogP contribution in [0.15, 0.2) is 41.5 Å². The van der Waals surface area contributed by atoms with Crippen LogP contribution in [0, 0.1) is 24.1 Å². The smallest absolute Gasteiger partial charge is 0.273 e. The molecule has 0 fully saturated rings. The minimum Gasteiger partial charge on any atom is -0.279 e. The minimum atomic E-state index is -0.607. The van der Waals surface area contributed by atoms with E-state index in [9.17, 15) is 10.1 Å². The van der Waals surface area contributed by atoms with Crippen LogP contribution in [0.5, 0.6) is 0 Å². The van der Waals surface area contributed by atoms with E-state index in [0.717, 1.165) is 0 Å². The number of hydrogen-bond acceptors (Lipinski definition) is 7. The molecule has 0 aliphatic carbocycles. The first-order valence-electron chi connectivity index (χ1n) is 10.8. The summed E-state index contributed by atoms with van der Waals surface area (Å²) in [5.41, 5.74) is 2.63. The normalized spacial score (nSPS) is 11.5. The molecule has 0 aliphatic heterocycles. The van der Waals surface area contributed by atoms with Crippen LogP contribution in [0.4, 0.5) is 4.39 Å². The predicted molar refractivity (Wildman–Crippen MR) is 131 cm³/mol. The van der Waals surface area contributed by atoms with Gasteiger partial charge in [0.25, 0.3) is 5.56 Å². The number of pyridine rings is 2. The Labute approximate surface area is 206 Å². The molecule has 6 aromatic rings. The standard InChI is InChI=1S/C24H15ClFN9O/c1-11-30-32-21-4-3-12-14(8-27)22(17(26)6-20(12)35(11)21)23-16(10-29-34(23)2)18-5-13-15(9-28-18)24(36)33-31-19(13)7-25/h3-6,9-10H,7H2,1-2H3,(H,33,36). The number of aromatic amines is 1. The molecule has 5 heterocycles. The molecule has 0 bridgehead atoms. The predicted octanol–water partition coefficient (Wildman–Crippen LogP) is 3.64. The van der Waals surface area contributed by atoms with Gasteiger partial charge in [0, 0.05) is 29.6 Å². The first kappa shape index (κ1) is 21.8. The van der Waals surface area contributed by atoms with Gasteiger partial charge in [-0.3, -0.25) is 18.9 Å². The fourth-order valence-electron chi connectivity index (χ4n) is 4.58. The first-order valence-corrected chi connectivity index (χ1v) is 11.3. The van der Waals surface area contributed by atoms with E-state index in [1.54, 1.807) is 42.8 Å². The molecule has 1 N–H and O–H groups in total. The van der Waals surface area contributed by atoms with Crippen LogP contribution in [0.2, 0.25) is 0 Å². The molecule has 0 atom stereocenters. The van der Waals surface area contributed by atoms with E-state index in [2.05, 4.69) is 36.5 Å². The number of halogens is 2. The van der Waals surface area contributed by atoms with Crippen molar-refractivity contribution >= 4 is 38.9 Å². The topological polar surface area (TPSA) is 130 Å². The molecule has 0 amide bonds. The molecule has 10 nitrogen and oxygen atoms in total. The Morgan fingerprint density at radius 2 is 2.00 bits per heavy atom. The zero-order valence-corrected chi connectivity index (χ0v) is 19.7. The molecule has 0 saturated heterocycles. The molecule has 0 radical (unpaired) electrons. The Bertz CT molecular complexity index is 1970. The maximum Gasteiger partial charge on any atom is 0.273 e. The van der Waals surface area contributed by atoms with Crippen molar-refractivity contribution < 1.29 is 4.39 Å². The van der Waals surface area contributed by atoms with E-state index < -0.39 is 11.4 Å². The van der Waals surface area contributed by atoms with Crippen molar-refractivity contribution in [2.45, 2.75) is 12.8 Å². The lowest BCUT2D eigenvalue weighted by atomic mass is 9.95. The maximum absolute atomic E-state index is 15.9. The van der Waals surface area contributed by atoms with Gasteiger partial charge in [-0.1, -0.05) is 0 Å². The van der Waals surface area contributed by atoms with E-state index in [0.29, 0.717) is 55.8 Å². The van der Waals surface area contributed by atoms with E-state index in [1.165, 1.54) is 16.9 Å². The van der Waals surface area contributed by atoms with Gasteiger partial charge < -0.3 is 0 Å². The van der Waals surface area contributed by atoms with Gasteiger partial charge in [-0.05, 0) is 31.2 Å². The molecule has 12 heteroatoms. The number of fused-ring (bicyclic) bond motifs is 4. The van der Waals surface area contributed by atoms with Crippen LogP contribution in [0.25, 0.3) is 49.8 Å². The number of alkyl halides is 1. The molecular formula is C24H15ClFN9O. The van der Waals surface area contributed by atoms with E-state index in [4.69, 9.17) is 11.6 Å². The SMILES string of the molecule is Cc1nnc2ccc3c(C#N)c(-c4c(-c5cc6c(CCl)n[nH]c(=O)c6cn5)cnn4C)c(F)cc3n12. The number of aryl methyl sites for hydroxylation is 2. The van der Waals surface area contributed by atoms with Gasteiger partial charge in [-0.25, -0.2) is 9.49 Å². The molecule has 1 aromatic carbocycles. The Morgan fingerprint density at radius 3 is 2.78 bits per heavy atom. The summed E-state index contributed by atoms with van der Waals surface area (Å²) in [5, 5.41) is 30.5. The number of nitriles is 1. The summed E-state index contributed by atoms with van der Waals surface area (Å²) in [6.45, 7) is 1.76. The quantitative estimate of drug-likeness (QED) is 0.368. The number of benzene rings is 1. The largest absolute Gasteiger partial charge is 0.279 e. The number of aromatic nitrogens is 8. The number of hydrogen-bond donors (Lipinski definition) is 1. The van der Waals surface area contributed by atoms with E-state index in [1.807, 2.05) is 0 Å². The number of H-pyrrole nitrogens is 1. The van der Waals surface area contributed by atoms with Crippen molar-refractivity contribution in [1.29, 1.82) is 5.26 Å². The number of rotatable bonds is 3. The summed E-state index contributed by atoms with van der Waals surface area (Å²) in [6.07, 6.45) is 2.97. The summed E-state index contributed by atoms with van der Waals surface area (Å²) in [6, 6.07) is 8.68. The fourth-order valence-corrected chi connectivity index (χ4v) is 4.78. The van der Waals surface area contributed by atoms with Crippen molar-refractivity contribution in [1.82, 2.24) is 39.6 Å². The van der Waals surface area contributed by atoms with Crippen LogP contribution in [-0.2, 0) is 12.9 Å². The summed E-state index contributed by atoms with van der Waals surface area (Å²) in [4.78, 5) is 16.7. The Hall–Kier alpha value is -4.69. The van der Waals surface area contributed by atoms with Crippen LogP contribution >= 0.6 is 11.6 Å². The summed E-state index contributed by atoms with van der Waals surface area (Å²) < 4.78 is 19.1. The van der Waals surface area contributed by atoms with Gasteiger partial charge in [0.2, 0.25) is 0 Å². The second-order valence-electron chi connectivity index (χ2n) is 8.21. The zero-order chi connectivity index (χ0) is 25.1. The number of nitrogens with one attached hydrogen (secondary N) is 1. The Kier molecular flexibility index (Phi) is 4.80. The average Bonchev–Trinajstić information content (AvgIpc) is 3.45. The maximum atomic E-state index is 15.9. The summed E-state index contributed by atoms with van der Waals surface area (Å²) in [7, 11) is 1.66. The minimum absolute atomic E-state index is 0.0749. The average molecular weight is 500 g/mol. The van der Waals surface area contributed by atoms with Gasteiger partial charge in [-0.2, -0.15) is 15.5 Å². The molecule has 0 saturated carbocycles. The van der Waals surface area contributed by atoms with Crippen LogP contribution < -0.4 is 5.56 Å². The van der Waals surface area contributed by atoms with Gasteiger partial charge in [0.05, 0.1) is 51.2 Å². The van der Waals surface area contributed by atoms with Crippen molar-refractivity contribution in [2.75, 3.05) is 0 Å². The van der Waals surface area contributed by atoms with Crippen LogP contribution in [0.1, 0.15) is 17.1 Å². The highest BCUT2D eigenvalue weighted by Crippen LogP contribution is 2.38. The summed E-state index contributed by atoms with van der Waals surface area (Å²) >= 11 is 6.03. The lowest BCUT2D eigenvalue weighted by Crippen LogP contribution is -2.11. The molecule has 5 aromatic heterocycles. The zero-order valence-electron chi connectivity index (χ0n) is 18.9. The molecule has 0 spiro atoms. The summed E-state index contributed by atoms with van der Waals surface area (Å²) in [5.74, 6) is 0.0441. The van der Waals surface area contributed by atoms with Crippen LogP contribution in [0.3, 0.4) is 0 Å². The molecule has 176 valence electrons. The Morgan fingerprint density at radius 1 is 1.17 bits per heavy atom. The van der Waals surface area contributed by atoms with Gasteiger partial charge >= 0.3 is 0 Å². The molecule has 0 unspecified atom stereocenters. The molecule has 6 rings (SSSR count). The molecule has 0 aliphatic rings. The van der Waals surface area contributed by atoms with Crippen LogP contribution in [-0.4, -0.2) is 39.6 Å². The molecular weight excluding hydrogens is 485 g/mol. The van der Waals surface area contributed by atoms with Crippen molar-refractivity contribution in [3.63, 3.8) is 0 Å². The highest BCUT2D eigenvalue weighted by molar-refractivity contribution is 6.17. The highest BCUT2D eigenvalue weighted by atomic mass is 35.5. The van der Waals surface area contributed by atoms with Crippen molar-refractivity contribution in [3.8, 4) is 28.6 Å². The second kappa shape index (κ2) is 7.93. The fraction of sp³-hybridized carbons (Fsp3) is 0.125. The van der Waals surface area contributed by atoms with E-state index >= 15 is 4.39 Å². The first-order chi connectivity index (χ1) is 17.4. The third-order valence-corrected chi connectivity index (χ3v) is 6.48. The van der Waals surface area contributed by atoms with Crippen molar-refractivity contribution in [3.05, 3.63) is 69.9 Å². The van der Waals surface area contributed by atoms with E-state index in [-0.39, 0.29) is 17.0 Å². The van der Waals surface area contributed by atoms with Gasteiger partial charge in [0.15, 0.2) is 5.65 Å². The Balaban J connectivity index is 1.66. The van der Waals surface area contributed by atoms with Gasteiger partial charge in [-0.15, -0.1) is 21.8 Å². The van der Waals surface area contributed by atoms with Gasteiger partial charge in [0.1, 0.15) is 17.7 Å². The number of nitrogens with zero attached hydrogens (tertiary/aromatic N) is 8.